The predicted octanol–water partition coefficient (Wildman–Crippen LogP) is 2.26. The molecule has 1 unspecified atom stereocenters. The van der Waals surface area contributed by atoms with Crippen LogP contribution in [0.15, 0.2) is 24.3 Å². The van der Waals surface area contributed by atoms with Gasteiger partial charge in [0.1, 0.15) is 6.04 Å². The summed E-state index contributed by atoms with van der Waals surface area (Å²) in [7, 11) is 0. The summed E-state index contributed by atoms with van der Waals surface area (Å²) < 4.78 is 0. The van der Waals surface area contributed by atoms with Gasteiger partial charge in [-0.1, -0.05) is 32.9 Å². The monoisotopic (exact) mass is 397 g/mol. The van der Waals surface area contributed by atoms with Crippen molar-refractivity contribution < 1.29 is 9.59 Å². The van der Waals surface area contributed by atoms with Crippen molar-refractivity contribution in [3.8, 4) is 0 Å². The van der Waals surface area contributed by atoms with Gasteiger partial charge in [-0.3, -0.25) is 9.59 Å². The second-order valence-corrected chi connectivity index (χ2v) is 8.89. The normalized spacial score (nSPS) is 20.3. The molecule has 1 aromatic carbocycles. The maximum absolute atomic E-state index is 12.9. The Bertz CT molecular complexity index is 641. The first kappa shape index (κ1) is 21.1. The Morgan fingerprint density at radius 3 is 2.42 bits per heavy atom. The molecule has 0 radical (unpaired) electrons. The molecule has 0 bridgehead atoms. The van der Waals surface area contributed by atoms with Crippen LogP contribution < -0.4 is 10.6 Å². The lowest BCUT2D eigenvalue weighted by molar-refractivity contribution is -0.124. The maximum atomic E-state index is 12.9. The molecule has 0 saturated carbocycles. The van der Waals surface area contributed by atoms with E-state index in [9.17, 15) is 9.59 Å². The Kier molecular flexibility index (Phi) is 6.99. The van der Waals surface area contributed by atoms with Gasteiger partial charge in [0.05, 0.1) is 5.88 Å². The summed E-state index contributed by atoms with van der Waals surface area (Å²) in [6, 6.07) is 7.40. The van der Waals surface area contributed by atoms with Gasteiger partial charge in [0, 0.05) is 36.9 Å². The molecule has 2 heterocycles. The van der Waals surface area contributed by atoms with Gasteiger partial charge in [-0.2, -0.15) is 0 Å². The lowest BCUT2D eigenvalue weighted by Gasteiger charge is -2.29. The van der Waals surface area contributed by atoms with E-state index < -0.39 is 0 Å². The van der Waals surface area contributed by atoms with Crippen molar-refractivity contribution in [2.75, 3.05) is 31.3 Å². The first-order chi connectivity index (χ1) is 11.9. The second-order valence-electron chi connectivity index (χ2n) is 7.89. The summed E-state index contributed by atoms with van der Waals surface area (Å²) in [5.41, 5.74) is 1.91. The highest BCUT2D eigenvalue weighted by Gasteiger charge is 2.35. The van der Waals surface area contributed by atoms with Crippen LogP contribution in [-0.4, -0.2) is 54.0 Å². The molecule has 0 aromatic heterocycles. The fourth-order valence-electron chi connectivity index (χ4n) is 2.99. The highest BCUT2D eigenvalue weighted by Crippen LogP contribution is 2.26. The molecule has 1 atom stereocenters. The molecule has 2 aliphatic heterocycles. The van der Waals surface area contributed by atoms with Gasteiger partial charge in [-0.25, -0.2) is 0 Å². The number of thioether (sulfide) groups is 1. The highest BCUT2D eigenvalue weighted by molar-refractivity contribution is 7.99. The van der Waals surface area contributed by atoms with Crippen LogP contribution >= 0.6 is 24.2 Å². The number of halogens is 1. The van der Waals surface area contributed by atoms with Gasteiger partial charge in [0.2, 0.25) is 5.91 Å². The lowest BCUT2D eigenvalue weighted by atomic mass is 9.86. The molecule has 1 aromatic rings. The van der Waals surface area contributed by atoms with Crippen LogP contribution in [0.1, 0.15) is 36.7 Å². The van der Waals surface area contributed by atoms with E-state index in [0.717, 1.165) is 13.1 Å². The Balaban J connectivity index is 0.00000243. The van der Waals surface area contributed by atoms with Gasteiger partial charge < -0.3 is 15.5 Å². The largest absolute Gasteiger partial charge is 0.354 e. The molecule has 7 heteroatoms. The van der Waals surface area contributed by atoms with Crippen molar-refractivity contribution in [2.24, 2.45) is 5.92 Å². The van der Waals surface area contributed by atoms with Crippen molar-refractivity contribution in [3.05, 3.63) is 35.4 Å². The molecule has 0 spiro atoms. The van der Waals surface area contributed by atoms with E-state index >= 15 is 0 Å². The quantitative estimate of drug-likeness (QED) is 0.818. The minimum absolute atomic E-state index is 0. The van der Waals surface area contributed by atoms with E-state index in [4.69, 9.17) is 0 Å². The molecular formula is C19H28ClN3O2S. The first-order valence-electron chi connectivity index (χ1n) is 8.84. The van der Waals surface area contributed by atoms with Gasteiger partial charge in [0.15, 0.2) is 0 Å². The zero-order valence-electron chi connectivity index (χ0n) is 15.6. The molecule has 0 aliphatic carbocycles. The molecule has 2 saturated heterocycles. The van der Waals surface area contributed by atoms with Crippen molar-refractivity contribution in [2.45, 2.75) is 32.2 Å². The minimum atomic E-state index is -0.368. The van der Waals surface area contributed by atoms with E-state index in [1.165, 1.54) is 5.56 Å². The lowest BCUT2D eigenvalue weighted by Crippen LogP contribution is -2.52. The van der Waals surface area contributed by atoms with E-state index in [0.29, 0.717) is 29.7 Å². The smallest absolute Gasteiger partial charge is 0.255 e. The number of nitrogens with zero attached hydrogens (tertiary/aromatic N) is 1. The van der Waals surface area contributed by atoms with Gasteiger partial charge in [0.25, 0.3) is 5.91 Å². The van der Waals surface area contributed by atoms with Crippen LogP contribution in [0.3, 0.4) is 0 Å². The Morgan fingerprint density at radius 2 is 1.88 bits per heavy atom. The molecular weight excluding hydrogens is 370 g/mol. The van der Waals surface area contributed by atoms with Crippen molar-refractivity contribution >= 4 is 36.0 Å². The fourth-order valence-corrected chi connectivity index (χ4v) is 4.15. The molecule has 3 rings (SSSR count). The van der Waals surface area contributed by atoms with Gasteiger partial charge >= 0.3 is 0 Å². The third-order valence-corrected chi connectivity index (χ3v) is 5.89. The number of hydrogen-bond donors (Lipinski definition) is 2. The predicted molar refractivity (Wildman–Crippen MR) is 109 cm³/mol. The summed E-state index contributed by atoms with van der Waals surface area (Å²) >= 11 is 1.63. The summed E-state index contributed by atoms with van der Waals surface area (Å²) in [5, 5.41) is 6.20. The maximum Gasteiger partial charge on any atom is 0.255 e. The van der Waals surface area contributed by atoms with Crippen LogP contribution in [0.5, 0.6) is 0 Å². The molecule has 2 N–H and O–H groups in total. The number of carbonyl (C=O) groups excluding carboxylic acids is 2. The molecule has 2 amide bonds. The number of hydrogen-bond acceptors (Lipinski definition) is 4. The van der Waals surface area contributed by atoms with E-state index in [1.54, 1.807) is 16.7 Å². The summed E-state index contributed by atoms with van der Waals surface area (Å²) in [5.74, 6) is 1.67. The third kappa shape index (κ3) is 4.72. The number of benzene rings is 1. The number of amides is 2. The van der Waals surface area contributed by atoms with E-state index in [1.807, 2.05) is 24.3 Å². The zero-order valence-corrected chi connectivity index (χ0v) is 17.2. The summed E-state index contributed by atoms with van der Waals surface area (Å²) in [6.07, 6.45) is 0. The topological polar surface area (TPSA) is 61.4 Å². The molecule has 2 fully saturated rings. The summed E-state index contributed by atoms with van der Waals surface area (Å²) in [4.78, 5) is 27.0. The van der Waals surface area contributed by atoms with Gasteiger partial charge in [-0.15, -0.1) is 24.2 Å². The SMILES string of the molecule is CC(C)(C)c1ccc(C(=O)N2CSCC2C(=O)NCC2CNC2)cc1.Cl. The van der Waals surface area contributed by atoms with Crippen molar-refractivity contribution in [1.82, 2.24) is 15.5 Å². The number of carbonyl (C=O) groups is 2. The average molecular weight is 398 g/mol. The zero-order chi connectivity index (χ0) is 18.0. The van der Waals surface area contributed by atoms with Gasteiger partial charge in [-0.05, 0) is 23.1 Å². The molecule has 26 heavy (non-hydrogen) atoms. The number of nitrogens with one attached hydrogen (secondary N) is 2. The number of rotatable bonds is 4. The fraction of sp³-hybridized carbons (Fsp3) is 0.579. The standard InChI is InChI=1S/C19H27N3O2S.ClH/c1-19(2,3)15-6-4-14(5-7-15)18(24)22-12-25-11-16(22)17(23)21-10-13-8-20-9-13;/h4-7,13,16,20H,8-12H2,1-3H3,(H,21,23);1H. The van der Waals surface area contributed by atoms with E-state index in [-0.39, 0.29) is 35.7 Å². The van der Waals surface area contributed by atoms with Crippen LogP contribution in [0, 0.1) is 5.92 Å². The Morgan fingerprint density at radius 1 is 1.23 bits per heavy atom. The highest BCUT2D eigenvalue weighted by atomic mass is 35.5. The van der Waals surface area contributed by atoms with Crippen LogP contribution in [0.4, 0.5) is 0 Å². The second kappa shape index (κ2) is 8.63. The van der Waals surface area contributed by atoms with Crippen LogP contribution in [0.2, 0.25) is 0 Å². The Hall–Kier alpha value is -1.24. The first-order valence-corrected chi connectivity index (χ1v) is 9.99. The minimum Gasteiger partial charge on any atom is -0.354 e. The van der Waals surface area contributed by atoms with E-state index in [2.05, 4.69) is 31.4 Å². The average Bonchev–Trinajstić information content (AvgIpc) is 3.01. The van der Waals surface area contributed by atoms with Crippen molar-refractivity contribution in [1.29, 1.82) is 0 Å². The van der Waals surface area contributed by atoms with Crippen molar-refractivity contribution in [3.63, 3.8) is 0 Å². The Labute approximate surface area is 166 Å². The molecule has 144 valence electrons. The third-order valence-electron chi connectivity index (χ3n) is 4.87. The van der Waals surface area contributed by atoms with Crippen LogP contribution in [0.25, 0.3) is 0 Å². The molecule has 5 nitrogen and oxygen atoms in total. The molecule has 2 aliphatic rings. The summed E-state index contributed by atoms with van der Waals surface area (Å²) in [6.45, 7) is 9.07. The van der Waals surface area contributed by atoms with Crippen LogP contribution in [-0.2, 0) is 10.2 Å².